The molecule has 9 heteroatoms. The van der Waals surface area contributed by atoms with E-state index in [2.05, 4.69) is 15.2 Å². The number of hydrogen-bond donors (Lipinski definition) is 2. The maximum atomic E-state index is 12.1. The van der Waals surface area contributed by atoms with Gasteiger partial charge in [0.2, 0.25) is 0 Å². The van der Waals surface area contributed by atoms with Crippen LogP contribution in [0.15, 0.2) is 0 Å². The van der Waals surface area contributed by atoms with Gasteiger partial charge in [0.1, 0.15) is 11.4 Å². The van der Waals surface area contributed by atoms with E-state index in [9.17, 15) is 18.0 Å². The maximum Gasteiger partial charge on any atom is 0.390 e. The molecule has 0 aliphatic carbocycles. The van der Waals surface area contributed by atoms with Crippen LogP contribution in [0, 0.1) is 0 Å². The first-order valence-electron chi connectivity index (χ1n) is 5.94. The molecule has 0 saturated carbocycles. The predicted octanol–water partition coefficient (Wildman–Crippen LogP) is 2.20. The first kappa shape index (κ1) is 16.1. The van der Waals surface area contributed by atoms with Crippen molar-refractivity contribution in [2.24, 2.45) is 0 Å². The molecule has 0 spiro atoms. The Morgan fingerprint density at radius 3 is 2.55 bits per heavy atom. The summed E-state index contributed by atoms with van der Waals surface area (Å²) >= 11 is 0. The SMILES string of the molecule is COC(=O)c1c(NCCC(F)(F)F)nn(C(C)C)c1N. The molecule has 0 radical (unpaired) electrons. The van der Waals surface area contributed by atoms with Gasteiger partial charge < -0.3 is 15.8 Å². The number of alkyl halides is 3. The van der Waals surface area contributed by atoms with E-state index in [4.69, 9.17) is 5.73 Å². The number of nitrogens with two attached hydrogens (primary N) is 1. The molecule has 3 N–H and O–H groups in total. The largest absolute Gasteiger partial charge is 0.465 e. The molecule has 1 aromatic rings. The zero-order chi connectivity index (χ0) is 15.5. The van der Waals surface area contributed by atoms with Crippen molar-refractivity contribution in [3.05, 3.63) is 5.56 Å². The molecular weight excluding hydrogens is 277 g/mol. The van der Waals surface area contributed by atoms with E-state index < -0.39 is 25.1 Å². The molecule has 0 aromatic carbocycles. The Morgan fingerprint density at radius 1 is 1.50 bits per heavy atom. The Kier molecular flexibility index (Phi) is 4.85. The van der Waals surface area contributed by atoms with Crippen molar-refractivity contribution in [2.45, 2.75) is 32.5 Å². The van der Waals surface area contributed by atoms with Crippen molar-refractivity contribution in [1.82, 2.24) is 9.78 Å². The second kappa shape index (κ2) is 6.02. The predicted molar refractivity (Wildman–Crippen MR) is 67.5 cm³/mol. The molecule has 0 aliphatic heterocycles. The average Bonchev–Trinajstić information content (AvgIpc) is 2.64. The van der Waals surface area contributed by atoms with Crippen LogP contribution >= 0.6 is 0 Å². The Morgan fingerprint density at radius 2 is 2.10 bits per heavy atom. The fourth-order valence-corrected chi connectivity index (χ4v) is 1.59. The molecule has 114 valence electrons. The lowest BCUT2D eigenvalue weighted by molar-refractivity contribution is -0.131. The van der Waals surface area contributed by atoms with Crippen LogP contribution in [0.25, 0.3) is 0 Å². The van der Waals surface area contributed by atoms with Crippen molar-refractivity contribution in [3.63, 3.8) is 0 Å². The molecule has 0 amide bonds. The van der Waals surface area contributed by atoms with Crippen LogP contribution in [0.5, 0.6) is 0 Å². The van der Waals surface area contributed by atoms with Gasteiger partial charge in [0.15, 0.2) is 5.82 Å². The van der Waals surface area contributed by atoms with Gasteiger partial charge in [-0.1, -0.05) is 0 Å². The Hall–Kier alpha value is -1.93. The number of rotatable bonds is 5. The van der Waals surface area contributed by atoms with Crippen LogP contribution in [-0.4, -0.2) is 35.6 Å². The Bertz CT molecular complexity index is 483. The van der Waals surface area contributed by atoms with E-state index in [0.29, 0.717) is 0 Å². The average molecular weight is 294 g/mol. The lowest BCUT2D eigenvalue weighted by atomic mass is 10.3. The molecule has 0 unspecified atom stereocenters. The molecule has 0 aliphatic rings. The first-order valence-corrected chi connectivity index (χ1v) is 5.94. The molecular formula is C11H17F3N4O2. The monoisotopic (exact) mass is 294 g/mol. The summed E-state index contributed by atoms with van der Waals surface area (Å²) < 4.78 is 42.3. The highest BCUT2D eigenvalue weighted by molar-refractivity contribution is 5.99. The quantitative estimate of drug-likeness (QED) is 0.813. The molecule has 0 atom stereocenters. The first-order chi connectivity index (χ1) is 9.17. The number of nitrogens with zero attached hydrogens (tertiary/aromatic N) is 2. The van der Waals surface area contributed by atoms with E-state index in [1.165, 1.54) is 4.68 Å². The van der Waals surface area contributed by atoms with Crippen LogP contribution in [0.3, 0.4) is 0 Å². The van der Waals surface area contributed by atoms with E-state index in [-0.39, 0.29) is 23.2 Å². The van der Waals surface area contributed by atoms with Crippen molar-refractivity contribution >= 4 is 17.6 Å². The minimum Gasteiger partial charge on any atom is -0.465 e. The van der Waals surface area contributed by atoms with Gasteiger partial charge in [-0.2, -0.15) is 18.3 Å². The van der Waals surface area contributed by atoms with E-state index in [0.717, 1.165) is 7.11 Å². The fourth-order valence-electron chi connectivity index (χ4n) is 1.59. The van der Waals surface area contributed by atoms with Crippen molar-refractivity contribution in [3.8, 4) is 0 Å². The number of nitrogen functional groups attached to an aromatic ring is 1. The maximum absolute atomic E-state index is 12.1. The highest BCUT2D eigenvalue weighted by Gasteiger charge is 2.28. The number of hydrogen-bond acceptors (Lipinski definition) is 5. The third kappa shape index (κ3) is 3.78. The number of methoxy groups -OCH3 is 1. The van der Waals surface area contributed by atoms with Crippen LogP contribution in [0.2, 0.25) is 0 Å². The summed E-state index contributed by atoms with van der Waals surface area (Å²) in [5, 5.41) is 6.48. The van der Waals surface area contributed by atoms with Gasteiger partial charge in [-0.3, -0.25) is 0 Å². The summed E-state index contributed by atoms with van der Waals surface area (Å²) in [6.07, 6.45) is -5.33. The van der Waals surface area contributed by atoms with Crippen molar-refractivity contribution < 1.29 is 22.7 Å². The Balaban J connectivity index is 2.99. The molecule has 6 nitrogen and oxygen atoms in total. The molecule has 20 heavy (non-hydrogen) atoms. The van der Waals surface area contributed by atoms with Crippen molar-refractivity contribution in [1.29, 1.82) is 0 Å². The van der Waals surface area contributed by atoms with Gasteiger partial charge in [-0.25, -0.2) is 9.48 Å². The molecule has 0 saturated heterocycles. The normalized spacial score (nSPS) is 11.8. The molecule has 1 rings (SSSR count). The number of esters is 1. The van der Waals surface area contributed by atoms with E-state index >= 15 is 0 Å². The lowest BCUT2D eigenvalue weighted by Crippen LogP contribution is -2.16. The minimum atomic E-state index is -4.29. The highest BCUT2D eigenvalue weighted by Crippen LogP contribution is 2.26. The fraction of sp³-hybridized carbons (Fsp3) is 0.636. The summed E-state index contributed by atoms with van der Waals surface area (Å²) in [6, 6.07) is -0.142. The number of aromatic nitrogens is 2. The topological polar surface area (TPSA) is 82.2 Å². The Labute approximate surface area is 114 Å². The summed E-state index contributed by atoms with van der Waals surface area (Å²) in [5.41, 5.74) is 5.72. The molecule has 1 aromatic heterocycles. The standard InChI is InChI=1S/C11H17F3N4O2/c1-6(2)18-8(15)7(10(19)20-3)9(17-18)16-5-4-11(12,13)14/h6H,4-5,15H2,1-3H3,(H,16,17). The summed E-state index contributed by atoms with van der Waals surface area (Å²) in [6.45, 7) is 3.16. The number of halogens is 3. The number of nitrogens with one attached hydrogen (secondary N) is 1. The van der Waals surface area contributed by atoms with Gasteiger partial charge in [0.05, 0.1) is 13.5 Å². The van der Waals surface area contributed by atoms with E-state index in [1.807, 2.05) is 0 Å². The number of carbonyl (C=O) groups excluding carboxylic acids is 1. The van der Waals surface area contributed by atoms with Gasteiger partial charge in [0, 0.05) is 12.6 Å². The number of anilines is 2. The second-order valence-corrected chi connectivity index (χ2v) is 4.43. The highest BCUT2D eigenvalue weighted by atomic mass is 19.4. The van der Waals surface area contributed by atoms with Crippen LogP contribution < -0.4 is 11.1 Å². The van der Waals surface area contributed by atoms with Gasteiger partial charge in [-0.15, -0.1) is 0 Å². The summed E-state index contributed by atoms with van der Waals surface area (Å²) in [4.78, 5) is 11.6. The third-order valence-corrected chi connectivity index (χ3v) is 2.53. The number of ether oxygens (including phenoxy) is 1. The lowest BCUT2D eigenvalue weighted by Gasteiger charge is -2.07. The van der Waals surface area contributed by atoms with Crippen molar-refractivity contribution in [2.75, 3.05) is 24.7 Å². The van der Waals surface area contributed by atoms with Crippen LogP contribution in [-0.2, 0) is 4.74 Å². The molecule has 1 heterocycles. The minimum absolute atomic E-state index is 0.00713. The summed E-state index contributed by atoms with van der Waals surface area (Å²) in [5.74, 6) is -0.697. The molecule has 0 bridgehead atoms. The van der Waals surface area contributed by atoms with Crippen LogP contribution in [0.1, 0.15) is 36.7 Å². The number of carbonyl (C=O) groups is 1. The summed E-state index contributed by atoms with van der Waals surface area (Å²) in [7, 11) is 1.16. The smallest absolute Gasteiger partial charge is 0.390 e. The zero-order valence-electron chi connectivity index (χ0n) is 11.4. The third-order valence-electron chi connectivity index (χ3n) is 2.53. The van der Waals surface area contributed by atoms with Gasteiger partial charge >= 0.3 is 12.1 Å². The second-order valence-electron chi connectivity index (χ2n) is 4.43. The van der Waals surface area contributed by atoms with Gasteiger partial charge in [0.25, 0.3) is 0 Å². The van der Waals surface area contributed by atoms with Gasteiger partial charge in [-0.05, 0) is 13.8 Å². The van der Waals surface area contributed by atoms with Crippen LogP contribution in [0.4, 0.5) is 24.8 Å². The molecule has 0 fully saturated rings. The zero-order valence-corrected chi connectivity index (χ0v) is 11.4. The van der Waals surface area contributed by atoms with E-state index in [1.54, 1.807) is 13.8 Å².